The molecular weight excluding hydrogens is 352 g/mol. The third-order valence-electron chi connectivity index (χ3n) is 4.55. The number of ether oxygens (including phenoxy) is 2. The molecule has 0 saturated carbocycles. The van der Waals surface area contributed by atoms with E-state index in [4.69, 9.17) is 21.1 Å². The molecule has 1 amide bonds. The van der Waals surface area contributed by atoms with Crippen molar-refractivity contribution in [2.45, 2.75) is 12.5 Å². The summed E-state index contributed by atoms with van der Waals surface area (Å²) >= 11 is 6.08. The Bertz CT molecular complexity index is 938. The molecule has 0 saturated heterocycles. The number of aromatic nitrogens is 1. The Labute approximate surface area is 157 Å². The summed E-state index contributed by atoms with van der Waals surface area (Å²) in [6.07, 6.45) is 0. The summed E-state index contributed by atoms with van der Waals surface area (Å²) < 4.78 is 10.9. The van der Waals surface area contributed by atoms with Gasteiger partial charge in [-0.25, -0.2) is 0 Å². The van der Waals surface area contributed by atoms with Gasteiger partial charge in [0.05, 0.1) is 13.7 Å². The number of hydrogen-bond acceptors (Lipinski definition) is 3. The van der Waals surface area contributed by atoms with E-state index >= 15 is 0 Å². The summed E-state index contributed by atoms with van der Waals surface area (Å²) in [6.45, 7) is 2.22. The molecule has 3 rings (SSSR count). The van der Waals surface area contributed by atoms with E-state index in [0.29, 0.717) is 17.3 Å². The third kappa shape index (κ3) is 3.69. The molecule has 5 nitrogen and oxygen atoms in total. The third-order valence-corrected chi connectivity index (χ3v) is 4.78. The van der Waals surface area contributed by atoms with Crippen LogP contribution in [0.25, 0.3) is 10.9 Å². The van der Waals surface area contributed by atoms with Gasteiger partial charge in [0.15, 0.2) is 0 Å². The van der Waals surface area contributed by atoms with Crippen LogP contribution in [0.2, 0.25) is 5.02 Å². The fraction of sp³-hybridized carbons (Fsp3) is 0.250. The Morgan fingerprint density at radius 2 is 2.00 bits per heavy atom. The molecule has 0 aliphatic heterocycles. The van der Waals surface area contributed by atoms with Crippen LogP contribution < -0.4 is 10.1 Å². The fourth-order valence-corrected chi connectivity index (χ4v) is 3.00. The van der Waals surface area contributed by atoms with Crippen molar-refractivity contribution in [3.8, 4) is 5.75 Å². The van der Waals surface area contributed by atoms with Crippen LogP contribution in [0, 0.1) is 0 Å². The van der Waals surface area contributed by atoms with Crippen LogP contribution in [0.1, 0.15) is 23.0 Å². The van der Waals surface area contributed by atoms with E-state index in [-0.39, 0.29) is 5.91 Å². The van der Waals surface area contributed by atoms with Gasteiger partial charge in [-0.15, -0.1) is 0 Å². The quantitative estimate of drug-likeness (QED) is 0.684. The fourth-order valence-electron chi connectivity index (χ4n) is 2.81. The van der Waals surface area contributed by atoms with Gasteiger partial charge in [0.1, 0.15) is 17.0 Å². The first-order valence-corrected chi connectivity index (χ1v) is 8.59. The zero-order chi connectivity index (χ0) is 18.7. The first-order chi connectivity index (χ1) is 12.4. The van der Waals surface area contributed by atoms with Gasteiger partial charge in [-0.3, -0.25) is 4.79 Å². The van der Waals surface area contributed by atoms with Gasteiger partial charge in [-0.05, 0) is 42.8 Å². The molecule has 0 radical (unpaired) electrons. The molecule has 6 heteroatoms. The van der Waals surface area contributed by atoms with Crippen LogP contribution in [-0.2, 0) is 10.3 Å². The highest BCUT2D eigenvalue weighted by atomic mass is 35.5. The Balaban J connectivity index is 1.76. The van der Waals surface area contributed by atoms with Crippen molar-refractivity contribution < 1.29 is 14.3 Å². The number of hydrogen-bond donors (Lipinski definition) is 2. The van der Waals surface area contributed by atoms with E-state index < -0.39 is 5.60 Å². The lowest BCUT2D eigenvalue weighted by Gasteiger charge is -2.29. The maximum atomic E-state index is 12.6. The largest absolute Gasteiger partial charge is 0.497 e. The average Bonchev–Trinajstić information content (AvgIpc) is 3.09. The zero-order valence-electron chi connectivity index (χ0n) is 14.9. The topological polar surface area (TPSA) is 63.4 Å². The highest BCUT2D eigenvalue weighted by Gasteiger charge is 2.27. The van der Waals surface area contributed by atoms with Crippen LogP contribution in [0.5, 0.6) is 5.75 Å². The number of H-pyrrole nitrogens is 1. The standard InChI is InChI=1S/C20H21ClN2O3/c1-20(26-3,14-5-4-6-15(21)10-14)12-22-19(24)18-9-13-7-8-16(25-2)11-17(13)23-18/h4-11,23H,12H2,1-3H3,(H,22,24)/t20-/m0/s1. The number of methoxy groups -OCH3 is 2. The van der Waals surface area contributed by atoms with Crippen LogP contribution in [0.4, 0.5) is 0 Å². The number of carbonyl (C=O) groups excluding carboxylic acids is 1. The van der Waals surface area contributed by atoms with Gasteiger partial charge >= 0.3 is 0 Å². The number of fused-ring (bicyclic) bond motifs is 1. The number of benzene rings is 2. The molecule has 0 bridgehead atoms. The van der Waals surface area contributed by atoms with Gasteiger partial charge in [-0.2, -0.15) is 0 Å². The SMILES string of the molecule is COc1ccc2cc(C(=O)NC[C@](C)(OC)c3cccc(Cl)c3)[nH]c2c1. The molecule has 2 aromatic carbocycles. The minimum absolute atomic E-state index is 0.203. The normalized spacial score (nSPS) is 13.4. The predicted molar refractivity (Wildman–Crippen MR) is 103 cm³/mol. The highest BCUT2D eigenvalue weighted by Crippen LogP contribution is 2.26. The van der Waals surface area contributed by atoms with E-state index in [9.17, 15) is 4.79 Å². The number of rotatable bonds is 6. The Hall–Kier alpha value is -2.50. The monoisotopic (exact) mass is 372 g/mol. The maximum Gasteiger partial charge on any atom is 0.267 e. The molecule has 1 heterocycles. The Morgan fingerprint density at radius 1 is 1.19 bits per heavy atom. The molecule has 26 heavy (non-hydrogen) atoms. The summed E-state index contributed by atoms with van der Waals surface area (Å²) in [5.41, 5.74) is 1.54. The molecule has 0 spiro atoms. The lowest BCUT2D eigenvalue weighted by molar-refractivity contribution is 0.00312. The molecule has 0 aliphatic carbocycles. The lowest BCUT2D eigenvalue weighted by Crippen LogP contribution is -2.40. The second-order valence-electron chi connectivity index (χ2n) is 6.26. The number of nitrogens with one attached hydrogen (secondary N) is 2. The molecule has 1 aromatic heterocycles. The van der Waals surface area contributed by atoms with Crippen LogP contribution >= 0.6 is 11.6 Å². The van der Waals surface area contributed by atoms with Crippen molar-refractivity contribution in [1.29, 1.82) is 0 Å². The second kappa shape index (κ2) is 7.40. The van der Waals surface area contributed by atoms with Crippen LogP contribution in [-0.4, -0.2) is 31.7 Å². The van der Waals surface area contributed by atoms with E-state index in [0.717, 1.165) is 22.2 Å². The van der Waals surface area contributed by atoms with Gasteiger partial charge in [0.2, 0.25) is 0 Å². The van der Waals surface area contributed by atoms with Crippen molar-refractivity contribution in [1.82, 2.24) is 10.3 Å². The van der Waals surface area contributed by atoms with E-state index in [1.807, 2.05) is 49.4 Å². The average molecular weight is 373 g/mol. The molecule has 1 atom stereocenters. The second-order valence-corrected chi connectivity index (χ2v) is 6.70. The molecular formula is C20H21ClN2O3. The smallest absolute Gasteiger partial charge is 0.267 e. The maximum absolute atomic E-state index is 12.6. The van der Waals surface area contributed by atoms with Gasteiger partial charge in [0.25, 0.3) is 5.91 Å². The highest BCUT2D eigenvalue weighted by molar-refractivity contribution is 6.30. The van der Waals surface area contributed by atoms with Crippen molar-refractivity contribution in [2.75, 3.05) is 20.8 Å². The van der Waals surface area contributed by atoms with Crippen LogP contribution in [0.15, 0.2) is 48.5 Å². The molecule has 0 aliphatic rings. The molecule has 2 N–H and O–H groups in total. The van der Waals surface area contributed by atoms with Crippen LogP contribution in [0.3, 0.4) is 0 Å². The minimum atomic E-state index is -0.685. The summed E-state index contributed by atoms with van der Waals surface area (Å²) in [7, 11) is 3.22. The van der Waals surface area contributed by atoms with Crippen molar-refractivity contribution in [3.63, 3.8) is 0 Å². The molecule has 136 valence electrons. The minimum Gasteiger partial charge on any atom is -0.497 e. The summed E-state index contributed by atoms with van der Waals surface area (Å²) in [6, 6.07) is 14.9. The summed E-state index contributed by atoms with van der Waals surface area (Å²) in [5, 5.41) is 4.50. The lowest BCUT2D eigenvalue weighted by atomic mass is 9.95. The summed E-state index contributed by atoms with van der Waals surface area (Å²) in [4.78, 5) is 15.7. The van der Waals surface area contributed by atoms with Crippen molar-refractivity contribution in [2.24, 2.45) is 0 Å². The van der Waals surface area contributed by atoms with Gasteiger partial charge in [0, 0.05) is 29.1 Å². The van der Waals surface area contributed by atoms with E-state index in [1.54, 1.807) is 20.3 Å². The first-order valence-electron chi connectivity index (χ1n) is 8.21. The zero-order valence-corrected chi connectivity index (χ0v) is 15.7. The summed E-state index contributed by atoms with van der Waals surface area (Å²) in [5.74, 6) is 0.532. The molecule has 0 unspecified atom stereocenters. The first kappa shape index (κ1) is 18.3. The molecule has 0 fully saturated rings. The van der Waals surface area contributed by atoms with Gasteiger partial charge < -0.3 is 19.8 Å². The number of amides is 1. The molecule has 3 aromatic rings. The van der Waals surface area contributed by atoms with E-state index in [2.05, 4.69) is 10.3 Å². The van der Waals surface area contributed by atoms with Crippen molar-refractivity contribution in [3.05, 3.63) is 64.8 Å². The number of aromatic amines is 1. The Kier molecular flexibility index (Phi) is 5.20. The van der Waals surface area contributed by atoms with Gasteiger partial charge in [-0.1, -0.05) is 23.7 Å². The van der Waals surface area contributed by atoms with E-state index in [1.165, 1.54) is 0 Å². The predicted octanol–water partition coefficient (Wildman–Crippen LogP) is 4.12. The van der Waals surface area contributed by atoms with Crippen molar-refractivity contribution >= 4 is 28.4 Å². The number of halogens is 1. The number of carbonyl (C=O) groups is 1. The Morgan fingerprint density at radius 3 is 2.69 bits per heavy atom.